The largest absolute Gasteiger partial charge is 0.412 e. The van der Waals surface area contributed by atoms with Gasteiger partial charge in [0.25, 0.3) is 0 Å². The highest BCUT2D eigenvalue weighted by Crippen LogP contribution is 2.69. The standard InChI is InChI=1S/C10H16.H2O/c1-7(2)10-5-4-8(3)9(10)6-10;/h7,9H,3-6H2,1-2H3;1H2. The normalized spacial score (nSPS) is 40.3. The molecule has 2 unspecified atom stereocenters. The van der Waals surface area contributed by atoms with Crippen LogP contribution in [0, 0.1) is 17.3 Å². The van der Waals surface area contributed by atoms with E-state index in [1.54, 1.807) is 0 Å². The second kappa shape index (κ2) is 2.34. The molecule has 64 valence electrons. The van der Waals surface area contributed by atoms with Gasteiger partial charge in [-0.2, -0.15) is 0 Å². The van der Waals surface area contributed by atoms with Crippen molar-refractivity contribution in [1.82, 2.24) is 0 Å². The minimum absolute atomic E-state index is 0. The van der Waals surface area contributed by atoms with Crippen molar-refractivity contribution in [2.45, 2.75) is 33.1 Å². The lowest BCUT2D eigenvalue weighted by atomic mass is 9.90. The second-order valence-electron chi connectivity index (χ2n) is 4.30. The molecule has 0 aromatic carbocycles. The molecule has 0 amide bonds. The van der Waals surface area contributed by atoms with E-state index in [1.807, 2.05) is 0 Å². The Morgan fingerprint density at radius 2 is 2.18 bits per heavy atom. The minimum Gasteiger partial charge on any atom is -0.412 e. The van der Waals surface area contributed by atoms with E-state index in [9.17, 15) is 0 Å². The Balaban J connectivity index is 0.000000605. The Morgan fingerprint density at radius 3 is 2.36 bits per heavy atom. The van der Waals surface area contributed by atoms with E-state index >= 15 is 0 Å². The van der Waals surface area contributed by atoms with Crippen molar-refractivity contribution in [1.29, 1.82) is 0 Å². The molecule has 0 aliphatic heterocycles. The SMILES string of the molecule is C=C1CCC2(C(C)C)CC12.O. The third-order valence-electron chi connectivity index (χ3n) is 3.67. The third-order valence-corrected chi connectivity index (χ3v) is 3.67. The van der Waals surface area contributed by atoms with Crippen LogP contribution >= 0.6 is 0 Å². The van der Waals surface area contributed by atoms with Crippen LogP contribution in [0.1, 0.15) is 33.1 Å². The molecule has 1 heteroatoms. The highest BCUT2D eigenvalue weighted by Gasteiger charge is 2.59. The topological polar surface area (TPSA) is 31.5 Å². The maximum atomic E-state index is 4.10. The highest BCUT2D eigenvalue weighted by molar-refractivity contribution is 5.26. The van der Waals surface area contributed by atoms with Gasteiger partial charge in [0.15, 0.2) is 0 Å². The van der Waals surface area contributed by atoms with Gasteiger partial charge in [0.05, 0.1) is 0 Å². The summed E-state index contributed by atoms with van der Waals surface area (Å²) in [7, 11) is 0. The molecule has 2 fully saturated rings. The number of allylic oxidation sites excluding steroid dienone is 1. The summed E-state index contributed by atoms with van der Waals surface area (Å²) in [6.07, 6.45) is 4.18. The van der Waals surface area contributed by atoms with Gasteiger partial charge < -0.3 is 5.48 Å². The third kappa shape index (κ3) is 0.943. The predicted molar refractivity (Wildman–Crippen MR) is 47.4 cm³/mol. The van der Waals surface area contributed by atoms with Gasteiger partial charge in [-0.3, -0.25) is 0 Å². The van der Waals surface area contributed by atoms with E-state index in [0.29, 0.717) is 0 Å². The number of hydrogen-bond acceptors (Lipinski definition) is 0. The summed E-state index contributed by atoms with van der Waals surface area (Å²) in [5, 5.41) is 0. The Kier molecular flexibility index (Phi) is 1.87. The van der Waals surface area contributed by atoms with Gasteiger partial charge in [0.1, 0.15) is 0 Å². The highest BCUT2D eigenvalue weighted by atomic mass is 16.0. The molecular formula is C10H18O. The zero-order valence-corrected chi connectivity index (χ0v) is 7.48. The summed E-state index contributed by atoms with van der Waals surface area (Å²) < 4.78 is 0. The number of rotatable bonds is 1. The van der Waals surface area contributed by atoms with Crippen LogP contribution in [0.3, 0.4) is 0 Å². The summed E-state index contributed by atoms with van der Waals surface area (Å²) in [4.78, 5) is 0. The molecule has 0 aromatic heterocycles. The Hall–Kier alpha value is -0.300. The average Bonchev–Trinajstić information content (AvgIpc) is 2.52. The van der Waals surface area contributed by atoms with Crippen molar-refractivity contribution >= 4 is 0 Å². The van der Waals surface area contributed by atoms with Gasteiger partial charge in [-0.1, -0.05) is 26.0 Å². The first kappa shape index (κ1) is 8.79. The van der Waals surface area contributed by atoms with Gasteiger partial charge in [0, 0.05) is 0 Å². The first-order valence-electron chi connectivity index (χ1n) is 4.34. The predicted octanol–water partition coefficient (Wildman–Crippen LogP) is 2.17. The van der Waals surface area contributed by atoms with Crippen molar-refractivity contribution in [2.75, 3.05) is 0 Å². The molecule has 0 radical (unpaired) electrons. The molecule has 2 rings (SSSR count). The zero-order chi connectivity index (χ0) is 7.35. The van der Waals surface area contributed by atoms with Gasteiger partial charge >= 0.3 is 0 Å². The lowest BCUT2D eigenvalue weighted by Gasteiger charge is -2.15. The maximum absolute atomic E-state index is 4.10. The molecule has 0 aromatic rings. The van der Waals surface area contributed by atoms with E-state index < -0.39 is 0 Å². The van der Waals surface area contributed by atoms with E-state index in [4.69, 9.17) is 0 Å². The van der Waals surface area contributed by atoms with Crippen molar-refractivity contribution in [2.24, 2.45) is 17.3 Å². The fourth-order valence-corrected chi connectivity index (χ4v) is 2.64. The molecule has 2 aliphatic rings. The zero-order valence-electron chi connectivity index (χ0n) is 7.48. The lowest BCUT2D eigenvalue weighted by Crippen LogP contribution is -2.07. The van der Waals surface area contributed by atoms with Crippen molar-refractivity contribution in [3.05, 3.63) is 12.2 Å². The van der Waals surface area contributed by atoms with E-state index in [-0.39, 0.29) is 5.48 Å². The molecule has 0 bridgehead atoms. The average molecular weight is 154 g/mol. The van der Waals surface area contributed by atoms with Crippen LogP contribution in [0.25, 0.3) is 0 Å². The maximum Gasteiger partial charge on any atom is -0.0141 e. The van der Waals surface area contributed by atoms with Crippen molar-refractivity contribution in [3.8, 4) is 0 Å². The Morgan fingerprint density at radius 1 is 1.55 bits per heavy atom. The molecule has 0 heterocycles. The molecule has 1 nitrogen and oxygen atoms in total. The second-order valence-corrected chi connectivity index (χ2v) is 4.30. The number of hydrogen-bond donors (Lipinski definition) is 0. The minimum atomic E-state index is 0. The summed E-state index contributed by atoms with van der Waals surface area (Å²) in [5.41, 5.74) is 2.27. The van der Waals surface area contributed by atoms with Crippen molar-refractivity contribution in [3.63, 3.8) is 0 Å². The van der Waals surface area contributed by atoms with Crippen LogP contribution in [0.4, 0.5) is 0 Å². The fourth-order valence-electron chi connectivity index (χ4n) is 2.64. The van der Waals surface area contributed by atoms with E-state index in [1.165, 1.54) is 24.8 Å². The van der Waals surface area contributed by atoms with Crippen LogP contribution in [0.2, 0.25) is 0 Å². The van der Waals surface area contributed by atoms with Gasteiger partial charge in [-0.05, 0) is 36.5 Å². The van der Waals surface area contributed by atoms with Crippen LogP contribution < -0.4 is 0 Å². The molecule has 0 spiro atoms. The summed E-state index contributed by atoms with van der Waals surface area (Å²) >= 11 is 0. The first-order chi connectivity index (χ1) is 4.67. The Bertz CT molecular complexity index is 183. The van der Waals surface area contributed by atoms with Crippen molar-refractivity contribution < 1.29 is 5.48 Å². The number of fused-ring (bicyclic) bond motifs is 1. The van der Waals surface area contributed by atoms with Crippen LogP contribution in [0.15, 0.2) is 12.2 Å². The molecule has 2 aliphatic carbocycles. The molecule has 2 N–H and O–H groups in total. The summed E-state index contributed by atoms with van der Waals surface area (Å²) in [5.74, 6) is 1.81. The molecule has 0 saturated heterocycles. The molecular weight excluding hydrogens is 136 g/mol. The van der Waals surface area contributed by atoms with Crippen LogP contribution in [-0.4, -0.2) is 5.48 Å². The van der Waals surface area contributed by atoms with Gasteiger partial charge in [-0.15, -0.1) is 0 Å². The van der Waals surface area contributed by atoms with Gasteiger partial charge in [-0.25, -0.2) is 0 Å². The fraction of sp³-hybridized carbons (Fsp3) is 0.800. The van der Waals surface area contributed by atoms with E-state index in [0.717, 1.165) is 17.3 Å². The summed E-state index contributed by atoms with van der Waals surface area (Å²) in [6, 6.07) is 0. The lowest BCUT2D eigenvalue weighted by molar-refractivity contribution is 0.344. The van der Waals surface area contributed by atoms with Gasteiger partial charge in [0.2, 0.25) is 0 Å². The first-order valence-corrected chi connectivity index (χ1v) is 4.34. The molecule has 11 heavy (non-hydrogen) atoms. The van der Waals surface area contributed by atoms with Crippen LogP contribution in [-0.2, 0) is 0 Å². The monoisotopic (exact) mass is 154 g/mol. The molecule has 2 saturated carbocycles. The van der Waals surface area contributed by atoms with E-state index in [2.05, 4.69) is 20.4 Å². The molecule has 2 atom stereocenters. The summed E-state index contributed by atoms with van der Waals surface area (Å²) in [6.45, 7) is 8.82. The van der Waals surface area contributed by atoms with Crippen LogP contribution in [0.5, 0.6) is 0 Å². The quantitative estimate of drug-likeness (QED) is 0.518. The smallest absolute Gasteiger partial charge is 0.0141 e. The Labute approximate surface area is 68.8 Å².